The highest BCUT2D eigenvalue weighted by atomic mass is 16.5. The van der Waals surface area contributed by atoms with E-state index in [1.807, 2.05) is 4.90 Å². The minimum atomic E-state index is -0.231. The fraction of sp³-hybridized carbons (Fsp3) is 0.348. The number of likely N-dealkylation sites (tertiary alicyclic amines) is 1. The van der Waals surface area contributed by atoms with E-state index in [1.54, 1.807) is 18.4 Å². The van der Waals surface area contributed by atoms with Crippen LogP contribution in [-0.2, 0) is 10.3 Å². The number of nitrogens with one attached hydrogen (secondary N) is 1. The number of fused-ring (bicyclic) bond motifs is 4. The molecular formula is C23H23N3O3. The molecule has 1 unspecified atom stereocenters. The van der Waals surface area contributed by atoms with Crippen LogP contribution in [0, 0.1) is 0 Å². The number of para-hydroxylation sites is 2. The van der Waals surface area contributed by atoms with Gasteiger partial charge < -0.3 is 23.9 Å². The Labute approximate surface area is 169 Å². The summed E-state index contributed by atoms with van der Waals surface area (Å²) in [6, 6.07) is 16.2. The minimum absolute atomic E-state index is 0.0313. The summed E-state index contributed by atoms with van der Waals surface area (Å²) in [6.07, 6.45) is 6.26. The number of hydrogen-bond donors (Lipinski definition) is 1. The number of nitrogens with zero attached hydrogens (tertiary/aromatic N) is 2. The third-order valence-electron chi connectivity index (χ3n) is 6.72. The molecule has 148 valence electrons. The van der Waals surface area contributed by atoms with Gasteiger partial charge in [-0.05, 0) is 49.2 Å². The van der Waals surface area contributed by atoms with E-state index in [4.69, 9.17) is 9.15 Å². The average Bonchev–Trinajstić information content (AvgIpc) is 3.50. The van der Waals surface area contributed by atoms with Gasteiger partial charge in [-0.2, -0.15) is 0 Å². The van der Waals surface area contributed by atoms with Crippen molar-refractivity contribution in [3.63, 3.8) is 0 Å². The zero-order chi connectivity index (χ0) is 19.5. The van der Waals surface area contributed by atoms with E-state index in [1.165, 1.54) is 11.4 Å². The Morgan fingerprint density at radius 2 is 1.90 bits per heavy atom. The fourth-order valence-electron chi connectivity index (χ4n) is 5.26. The number of furan rings is 1. The molecule has 0 saturated carbocycles. The summed E-state index contributed by atoms with van der Waals surface area (Å²) in [6.45, 7) is 2.01. The Kier molecular flexibility index (Phi) is 3.50. The number of carbonyl (C=O) groups excluding carboxylic acids is 1. The lowest BCUT2D eigenvalue weighted by Crippen LogP contribution is -2.48. The average molecular weight is 389 g/mol. The zero-order valence-corrected chi connectivity index (χ0v) is 16.1. The number of rotatable bonds is 1. The molecule has 3 aliphatic heterocycles. The van der Waals surface area contributed by atoms with Gasteiger partial charge in [0.1, 0.15) is 5.54 Å². The molecule has 6 heteroatoms. The van der Waals surface area contributed by atoms with Gasteiger partial charge in [0.15, 0.2) is 5.76 Å². The SMILES string of the molecule is O=C(c1ccco1)N1CCC2(CC1)CC1(CO2)Nc2ccccc2-n2cccc21. The maximum atomic E-state index is 12.6. The predicted octanol–water partition coefficient (Wildman–Crippen LogP) is 3.79. The van der Waals surface area contributed by atoms with Gasteiger partial charge in [0.2, 0.25) is 0 Å². The number of hydrogen-bond acceptors (Lipinski definition) is 4. The third kappa shape index (κ3) is 2.48. The first-order valence-corrected chi connectivity index (χ1v) is 10.2. The molecule has 2 aromatic heterocycles. The molecule has 2 spiro atoms. The van der Waals surface area contributed by atoms with Gasteiger partial charge in [-0.15, -0.1) is 0 Å². The number of carbonyl (C=O) groups is 1. The van der Waals surface area contributed by atoms with Crippen LogP contribution in [0.1, 0.15) is 35.5 Å². The zero-order valence-electron chi connectivity index (χ0n) is 16.1. The molecule has 0 radical (unpaired) electrons. The van der Waals surface area contributed by atoms with Crippen LogP contribution in [0.4, 0.5) is 5.69 Å². The first kappa shape index (κ1) is 16.9. The molecule has 1 N–H and O–H groups in total. The van der Waals surface area contributed by atoms with E-state index >= 15 is 0 Å². The molecule has 3 aliphatic rings. The molecule has 2 fully saturated rings. The smallest absolute Gasteiger partial charge is 0.289 e. The van der Waals surface area contributed by atoms with Crippen LogP contribution in [0.15, 0.2) is 65.4 Å². The molecule has 6 nitrogen and oxygen atoms in total. The summed E-state index contributed by atoms with van der Waals surface area (Å²) in [7, 11) is 0. The van der Waals surface area contributed by atoms with E-state index in [9.17, 15) is 4.79 Å². The van der Waals surface area contributed by atoms with E-state index in [0.29, 0.717) is 25.5 Å². The van der Waals surface area contributed by atoms with Crippen molar-refractivity contribution in [2.24, 2.45) is 0 Å². The van der Waals surface area contributed by atoms with Gasteiger partial charge >= 0.3 is 0 Å². The monoisotopic (exact) mass is 389 g/mol. The molecule has 1 amide bonds. The van der Waals surface area contributed by atoms with Crippen molar-refractivity contribution >= 4 is 11.6 Å². The summed E-state index contributed by atoms with van der Waals surface area (Å²) in [5.74, 6) is 0.379. The molecule has 1 aromatic carbocycles. The van der Waals surface area contributed by atoms with Crippen molar-refractivity contribution in [2.45, 2.75) is 30.4 Å². The highest BCUT2D eigenvalue weighted by Crippen LogP contribution is 2.50. The van der Waals surface area contributed by atoms with Crippen molar-refractivity contribution in [1.29, 1.82) is 0 Å². The second kappa shape index (κ2) is 6.00. The number of benzene rings is 1. The Morgan fingerprint density at radius 1 is 1.03 bits per heavy atom. The maximum Gasteiger partial charge on any atom is 0.289 e. The Hall–Kier alpha value is -2.99. The van der Waals surface area contributed by atoms with E-state index < -0.39 is 0 Å². The van der Waals surface area contributed by atoms with E-state index in [2.05, 4.69) is 52.5 Å². The molecule has 2 saturated heterocycles. The van der Waals surface area contributed by atoms with Gasteiger partial charge in [0.25, 0.3) is 5.91 Å². The molecule has 5 heterocycles. The van der Waals surface area contributed by atoms with Crippen molar-refractivity contribution in [2.75, 3.05) is 25.0 Å². The normalized spacial score (nSPS) is 24.3. The number of amides is 1. The van der Waals surface area contributed by atoms with Gasteiger partial charge in [-0.3, -0.25) is 4.79 Å². The largest absolute Gasteiger partial charge is 0.459 e. The molecule has 0 bridgehead atoms. The van der Waals surface area contributed by atoms with Gasteiger partial charge in [0.05, 0.1) is 35.5 Å². The lowest BCUT2D eigenvalue weighted by atomic mass is 9.79. The van der Waals surface area contributed by atoms with Crippen LogP contribution in [0.25, 0.3) is 5.69 Å². The van der Waals surface area contributed by atoms with Crippen LogP contribution >= 0.6 is 0 Å². The lowest BCUT2D eigenvalue weighted by molar-refractivity contribution is -0.0396. The summed E-state index contributed by atoms with van der Waals surface area (Å²) in [5.41, 5.74) is 3.14. The molecule has 0 aliphatic carbocycles. The quantitative estimate of drug-likeness (QED) is 0.688. The molecule has 3 aromatic rings. The first-order valence-electron chi connectivity index (χ1n) is 10.2. The number of piperidine rings is 1. The highest BCUT2D eigenvalue weighted by Gasteiger charge is 2.54. The molecule has 6 rings (SSSR count). The van der Waals surface area contributed by atoms with Gasteiger partial charge in [-0.25, -0.2) is 0 Å². The summed E-state index contributed by atoms with van der Waals surface area (Å²) >= 11 is 0. The highest BCUT2D eigenvalue weighted by molar-refractivity contribution is 5.91. The first-order chi connectivity index (χ1) is 14.2. The lowest BCUT2D eigenvalue weighted by Gasteiger charge is -2.41. The Balaban J connectivity index is 1.25. The third-order valence-corrected chi connectivity index (χ3v) is 6.72. The summed E-state index contributed by atoms with van der Waals surface area (Å²) < 4.78 is 14.1. The number of anilines is 1. The van der Waals surface area contributed by atoms with Gasteiger partial charge in [0, 0.05) is 25.7 Å². The molecule has 1 atom stereocenters. The molecular weight excluding hydrogens is 366 g/mol. The maximum absolute atomic E-state index is 12.6. The molecule has 29 heavy (non-hydrogen) atoms. The van der Waals surface area contributed by atoms with Crippen LogP contribution in [-0.4, -0.2) is 40.7 Å². The van der Waals surface area contributed by atoms with Crippen molar-refractivity contribution in [3.05, 3.63) is 72.4 Å². The van der Waals surface area contributed by atoms with Crippen LogP contribution < -0.4 is 5.32 Å². The van der Waals surface area contributed by atoms with Crippen LogP contribution in [0.3, 0.4) is 0 Å². The number of ether oxygens (including phenoxy) is 1. The standard InChI is InChI=1S/C23H23N3O3/c27-21(19-7-4-14-28-19)25-12-9-22(10-13-25)15-23(16-29-22)20-8-3-11-26(20)18-6-2-1-5-17(18)24-23/h1-8,11,14,24H,9-10,12-13,15-16H2. The minimum Gasteiger partial charge on any atom is -0.459 e. The second-order valence-electron chi connectivity index (χ2n) is 8.41. The second-order valence-corrected chi connectivity index (χ2v) is 8.41. The van der Waals surface area contributed by atoms with Gasteiger partial charge in [-0.1, -0.05) is 12.1 Å². The van der Waals surface area contributed by atoms with E-state index in [0.717, 1.165) is 24.9 Å². The van der Waals surface area contributed by atoms with Crippen molar-refractivity contribution < 1.29 is 13.9 Å². The van der Waals surface area contributed by atoms with E-state index in [-0.39, 0.29) is 17.0 Å². The van der Waals surface area contributed by atoms with Crippen LogP contribution in [0.2, 0.25) is 0 Å². The summed E-state index contributed by atoms with van der Waals surface area (Å²) in [4.78, 5) is 14.5. The van der Waals surface area contributed by atoms with Crippen LogP contribution in [0.5, 0.6) is 0 Å². The van der Waals surface area contributed by atoms with Crippen molar-refractivity contribution in [3.8, 4) is 5.69 Å². The number of aromatic nitrogens is 1. The fourth-order valence-corrected chi connectivity index (χ4v) is 5.26. The van der Waals surface area contributed by atoms with Crippen molar-refractivity contribution in [1.82, 2.24) is 9.47 Å². The topological polar surface area (TPSA) is 59.6 Å². The Morgan fingerprint density at radius 3 is 2.72 bits per heavy atom. The Bertz CT molecular complexity index is 1060. The summed E-state index contributed by atoms with van der Waals surface area (Å²) in [5, 5.41) is 3.80. The predicted molar refractivity (Wildman–Crippen MR) is 108 cm³/mol.